The van der Waals surface area contributed by atoms with Crippen LogP contribution in [0.25, 0.3) is 0 Å². The molecule has 0 radical (unpaired) electrons. The van der Waals surface area contributed by atoms with Crippen LogP contribution in [-0.4, -0.2) is 31.8 Å². The second-order valence-corrected chi connectivity index (χ2v) is 4.45. The molecule has 0 atom stereocenters. The lowest BCUT2D eigenvalue weighted by atomic mass is 9.89. The molecular formula is C13H18N2O3. The fraction of sp³-hybridized carbons (Fsp3) is 0.462. The first-order valence-electron chi connectivity index (χ1n) is 5.98. The molecule has 0 aliphatic heterocycles. The maximum atomic E-state index is 11.6. The van der Waals surface area contributed by atoms with Crippen molar-refractivity contribution >= 4 is 11.6 Å². The Labute approximate surface area is 106 Å². The standard InChI is InChI=1S/C13H18N2O3/c1-17-12-6-10(7-12)15-13(16)8-18-11-4-2-9(14)3-5-11/h2-5,10,12H,6-8,14H2,1H3,(H,15,16). The molecule has 1 aliphatic carbocycles. The minimum Gasteiger partial charge on any atom is -0.484 e. The van der Waals surface area contributed by atoms with E-state index >= 15 is 0 Å². The summed E-state index contributed by atoms with van der Waals surface area (Å²) in [5.74, 6) is 0.536. The number of carbonyl (C=O) groups is 1. The van der Waals surface area contributed by atoms with Crippen molar-refractivity contribution in [1.29, 1.82) is 0 Å². The Balaban J connectivity index is 1.67. The van der Waals surface area contributed by atoms with Gasteiger partial charge in [-0.05, 0) is 37.1 Å². The number of carbonyl (C=O) groups excluding carboxylic acids is 1. The van der Waals surface area contributed by atoms with E-state index in [1.54, 1.807) is 31.4 Å². The van der Waals surface area contributed by atoms with E-state index in [4.69, 9.17) is 15.2 Å². The zero-order chi connectivity index (χ0) is 13.0. The van der Waals surface area contributed by atoms with Crippen molar-refractivity contribution in [2.75, 3.05) is 19.5 Å². The van der Waals surface area contributed by atoms with E-state index in [0.717, 1.165) is 12.8 Å². The molecule has 5 nitrogen and oxygen atoms in total. The molecule has 1 saturated carbocycles. The summed E-state index contributed by atoms with van der Waals surface area (Å²) in [5.41, 5.74) is 6.23. The number of hydrogen-bond acceptors (Lipinski definition) is 4. The van der Waals surface area contributed by atoms with Crippen LogP contribution in [0, 0.1) is 0 Å². The van der Waals surface area contributed by atoms with Crippen molar-refractivity contribution in [3.05, 3.63) is 24.3 Å². The Morgan fingerprint density at radius 3 is 2.67 bits per heavy atom. The molecular weight excluding hydrogens is 232 g/mol. The zero-order valence-electron chi connectivity index (χ0n) is 10.4. The van der Waals surface area contributed by atoms with Crippen molar-refractivity contribution in [3.8, 4) is 5.75 Å². The van der Waals surface area contributed by atoms with E-state index in [-0.39, 0.29) is 24.7 Å². The third-order valence-corrected chi connectivity index (χ3v) is 3.04. The molecule has 2 rings (SSSR count). The van der Waals surface area contributed by atoms with Crippen LogP contribution >= 0.6 is 0 Å². The predicted octanol–water partition coefficient (Wildman–Crippen LogP) is 0.941. The number of nitrogens with two attached hydrogens (primary N) is 1. The van der Waals surface area contributed by atoms with Gasteiger partial charge in [0, 0.05) is 18.8 Å². The summed E-state index contributed by atoms with van der Waals surface area (Å²) in [6, 6.07) is 7.18. The second kappa shape index (κ2) is 5.73. The van der Waals surface area contributed by atoms with Crippen molar-refractivity contribution in [3.63, 3.8) is 0 Å². The number of rotatable bonds is 5. The van der Waals surface area contributed by atoms with Crippen LogP contribution in [0.2, 0.25) is 0 Å². The van der Waals surface area contributed by atoms with E-state index in [1.807, 2.05) is 0 Å². The highest BCUT2D eigenvalue weighted by molar-refractivity contribution is 5.78. The minimum atomic E-state index is -0.105. The molecule has 98 valence electrons. The third-order valence-electron chi connectivity index (χ3n) is 3.04. The molecule has 3 N–H and O–H groups in total. The van der Waals surface area contributed by atoms with Crippen molar-refractivity contribution in [1.82, 2.24) is 5.32 Å². The first-order valence-corrected chi connectivity index (χ1v) is 5.98. The molecule has 0 unspecified atom stereocenters. The Bertz CT molecular complexity index is 399. The molecule has 0 aromatic heterocycles. The monoisotopic (exact) mass is 250 g/mol. The van der Waals surface area contributed by atoms with Gasteiger partial charge in [-0.1, -0.05) is 0 Å². The van der Waals surface area contributed by atoms with Crippen LogP contribution in [0.15, 0.2) is 24.3 Å². The molecule has 0 spiro atoms. The fourth-order valence-electron chi connectivity index (χ4n) is 1.86. The van der Waals surface area contributed by atoms with E-state index < -0.39 is 0 Å². The molecule has 1 fully saturated rings. The number of benzene rings is 1. The molecule has 5 heteroatoms. The largest absolute Gasteiger partial charge is 0.484 e. The number of nitrogen functional groups attached to an aromatic ring is 1. The molecule has 1 aromatic rings. The number of ether oxygens (including phenoxy) is 2. The van der Waals surface area contributed by atoms with E-state index in [2.05, 4.69) is 5.32 Å². The second-order valence-electron chi connectivity index (χ2n) is 4.45. The first kappa shape index (κ1) is 12.7. The number of nitrogens with one attached hydrogen (secondary N) is 1. The van der Waals surface area contributed by atoms with Gasteiger partial charge in [-0.2, -0.15) is 0 Å². The van der Waals surface area contributed by atoms with Crippen LogP contribution < -0.4 is 15.8 Å². The van der Waals surface area contributed by atoms with Gasteiger partial charge < -0.3 is 20.5 Å². The summed E-state index contributed by atoms with van der Waals surface area (Å²) in [4.78, 5) is 11.6. The van der Waals surface area contributed by atoms with Crippen LogP contribution in [0.3, 0.4) is 0 Å². The van der Waals surface area contributed by atoms with Gasteiger partial charge in [0.2, 0.25) is 0 Å². The average molecular weight is 250 g/mol. The number of anilines is 1. The Hall–Kier alpha value is -1.75. The van der Waals surface area contributed by atoms with E-state index in [0.29, 0.717) is 11.4 Å². The average Bonchev–Trinajstić information content (AvgIpc) is 2.32. The Morgan fingerprint density at radius 1 is 1.39 bits per heavy atom. The lowest BCUT2D eigenvalue weighted by Gasteiger charge is -2.34. The van der Waals surface area contributed by atoms with Crippen LogP contribution in [0.5, 0.6) is 5.75 Å². The van der Waals surface area contributed by atoms with E-state index in [9.17, 15) is 4.79 Å². The summed E-state index contributed by atoms with van der Waals surface area (Å²) in [7, 11) is 1.69. The maximum Gasteiger partial charge on any atom is 0.258 e. The molecule has 0 bridgehead atoms. The van der Waals surface area contributed by atoms with Gasteiger partial charge in [-0.3, -0.25) is 4.79 Å². The van der Waals surface area contributed by atoms with Crippen molar-refractivity contribution < 1.29 is 14.3 Å². The van der Waals surface area contributed by atoms with Gasteiger partial charge in [0.25, 0.3) is 5.91 Å². The van der Waals surface area contributed by atoms with Gasteiger partial charge in [0.05, 0.1) is 6.10 Å². The summed E-state index contributed by atoms with van der Waals surface area (Å²) >= 11 is 0. The summed E-state index contributed by atoms with van der Waals surface area (Å²) in [5, 5.41) is 2.89. The van der Waals surface area contributed by atoms with Crippen LogP contribution in [0.4, 0.5) is 5.69 Å². The number of hydrogen-bond donors (Lipinski definition) is 2. The van der Waals surface area contributed by atoms with Gasteiger partial charge in [-0.15, -0.1) is 0 Å². The van der Waals surface area contributed by atoms with Gasteiger partial charge >= 0.3 is 0 Å². The number of amides is 1. The highest BCUT2D eigenvalue weighted by Crippen LogP contribution is 2.22. The lowest BCUT2D eigenvalue weighted by molar-refractivity contribution is -0.125. The number of methoxy groups -OCH3 is 1. The topological polar surface area (TPSA) is 73.6 Å². The maximum absolute atomic E-state index is 11.6. The Morgan fingerprint density at radius 2 is 2.06 bits per heavy atom. The highest BCUT2D eigenvalue weighted by Gasteiger charge is 2.29. The van der Waals surface area contributed by atoms with Crippen molar-refractivity contribution in [2.24, 2.45) is 0 Å². The summed E-state index contributed by atoms with van der Waals surface area (Å²) in [6.07, 6.45) is 2.04. The van der Waals surface area contributed by atoms with Crippen molar-refractivity contribution in [2.45, 2.75) is 25.0 Å². The van der Waals surface area contributed by atoms with Gasteiger partial charge in [0.15, 0.2) is 6.61 Å². The fourth-order valence-corrected chi connectivity index (χ4v) is 1.86. The van der Waals surface area contributed by atoms with Gasteiger partial charge in [0.1, 0.15) is 5.75 Å². The van der Waals surface area contributed by atoms with Crippen LogP contribution in [0.1, 0.15) is 12.8 Å². The molecule has 18 heavy (non-hydrogen) atoms. The molecule has 0 heterocycles. The molecule has 0 saturated heterocycles. The first-order chi connectivity index (χ1) is 8.67. The lowest BCUT2D eigenvalue weighted by Crippen LogP contribution is -2.48. The third kappa shape index (κ3) is 3.37. The highest BCUT2D eigenvalue weighted by atomic mass is 16.5. The normalized spacial score (nSPS) is 22.1. The van der Waals surface area contributed by atoms with Crippen LogP contribution in [-0.2, 0) is 9.53 Å². The smallest absolute Gasteiger partial charge is 0.258 e. The molecule has 1 aliphatic rings. The van der Waals surface area contributed by atoms with E-state index in [1.165, 1.54) is 0 Å². The molecule has 1 aromatic carbocycles. The zero-order valence-corrected chi connectivity index (χ0v) is 10.4. The molecule has 1 amide bonds. The summed E-state index contributed by atoms with van der Waals surface area (Å²) < 4.78 is 10.5. The van der Waals surface area contributed by atoms with Gasteiger partial charge in [-0.25, -0.2) is 0 Å². The predicted molar refractivity (Wildman–Crippen MR) is 68.3 cm³/mol. The quantitative estimate of drug-likeness (QED) is 0.763. The minimum absolute atomic E-state index is 0.0259. The SMILES string of the molecule is COC1CC(NC(=O)COc2ccc(N)cc2)C1. The summed E-state index contributed by atoms with van der Waals surface area (Å²) in [6.45, 7) is 0.0259. The Kier molecular flexibility index (Phi) is 4.04.